The molecule has 0 aliphatic carbocycles. The molecule has 1 aromatic carbocycles. The Hall–Kier alpha value is -1.88. The molecule has 0 radical (unpaired) electrons. The fourth-order valence-corrected chi connectivity index (χ4v) is 1.82. The second kappa shape index (κ2) is 5.64. The van der Waals surface area contributed by atoms with E-state index in [0.717, 1.165) is 24.3 Å². The van der Waals surface area contributed by atoms with Gasteiger partial charge in [0.2, 0.25) is 0 Å². The van der Waals surface area contributed by atoms with Crippen molar-refractivity contribution in [2.24, 2.45) is 0 Å². The van der Waals surface area contributed by atoms with Crippen LogP contribution in [0.2, 0.25) is 0 Å². The number of hydrogen-bond donors (Lipinski definition) is 1. The maximum Gasteiger partial charge on any atom is 0.122 e. The minimum atomic E-state index is -0.711. The van der Waals surface area contributed by atoms with E-state index in [2.05, 4.69) is 17.2 Å². The van der Waals surface area contributed by atoms with Crippen LogP contribution in [0.4, 0.5) is 0 Å². The lowest BCUT2D eigenvalue weighted by Gasteiger charge is -2.12. The van der Waals surface area contributed by atoms with Crippen molar-refractivity contribution in [3.63, 3.8) is 0 Å². The zero-order chi connectivity index (χ0) is 13.0. The summed E-state index contributed by atoms with van der Waals surface area (Å²) >= 11 is 0. The highest BCUT2D eigenvalue weighted by Crippen LogP contribution is 2.23. The van der Waals surface area contributed by atoms with E-state index in [1.165, 1.54) is 0 Å². The minimum absolute atomic E-state index is 0.710. The number of benzene rings is 1. The van der Waals surface area contributed by atoms with Gasteiger partial charge in [-0.15, -0.1) is 5.10 Å². The highest BCUT2D eigenvalue weighted by Gasteiger charge is 2.15. The number of aromatic nitrogens is 3. The number of nitrogens with zero attached hydrogens (tertiary/aromatic N) is 3. The van der Waals surface area contributed by atoms with Crippen molar-refractivity contribution in [1.29, 1.82) is 0 Å². The lowest BCUT2D eigenvalue weighted by atomic mass is 10.1. The van der Waals surface area contributed by atoms with Crippen LogP contribution in [-0.2, 0) is 6.54 Å². The summed E-state index contributed by atoms with van der Waals surface area (Å²) in [7, 11) is 1.62. The number of ether oxygens (including phenoxy) is 1. The first kappa shape index (κ1) is 12.6. The van der Waals surface area contributed by atoms with Crippen LogP contribution >= 0.6 is 0 Å². The number of aliphatic hydroxyl groups is 1. The van der Waals surface area contributed by atoms with E-state index in [1.807, 2.05) is 24.3 Å². The van der Waals surface area contributed by atoms with Crippen molar-refractivity contribution < 1.29 is 9.84 Å². The van der Waals surface area contributed by atoms with Gasteiger partial charge in [0.05, 0.1) is 19.0 Å². The van der Waals surface area contributed by atoms with Crippen LogP contribution in [0.1, 0.15) is 30.7 Å². The van der Waals surface area contributed by atoms with Crippen molar-refractivity contribution in [2.45, 2.75) is 26.0 Å². The van der Waals surface area contributed by atoms with E-state index in [1.54, 1.807) is 18.0 Å². The molecule has 0 bridgehead atoms. The Kier molecular flexibility index (Phi) is 3.94. The third kappa shape index (κ3) is 2.51. The van der Waals surface area contributed by atoms with Gasteiger partial charge in [0, 0.05) is 6.54 Å². The smallest absolute Gasteiger partial charge is 0.122 e. The lowest BCUT2D eigenvalue weighted by molar-refractivity contribution is 0.207. The Morgan fingerprint density at radius 2 is 2.06 bits per heavy atom. The molecule has 0 aliphatic rings. The molecule has 1 N–H and O–H groups in total. The Labute approximate surface area is 106 Å². The van der Waals surface area contributed by atoms with E-state index >= 15 is 0 Å². The number of rotatable bonds is 5. The third-order valence-electron chi connectivity index (χ3n) is 2.79. The number of aryl methyl sites for hydroxylation is 1. The zero-order valence-electron chi connectivity index (χ0n) is 10.6. The molecule has 18 heavy (non-hydrogen) atoms. The van der Waals surface area contributed by atoms with Crippen LogP contribution < -0.4 is 4.74 Å². The molecule has 5 nitrogen and oxygen atoms in total. The van der Waals surface area contributed by atoms with E-state index in [9.17, 15) is 5.11 Å². The molecule has 0 spiro atoms. The molecule has 5 heteroatoms. The number of methoxy groups -OCH3 is 1. The highest BCUT2D eigenvalue weighted by molar-refractivity contribution is 5.31. The van der Waals surface area contributed by atoms with Crippen molar-refractivity contribution in [1.82, 2.24) is 15.0 Å². The van der Waals surface area contributed by atoms with Gasteiger partial charge in [0.15, 0.2) is 0 Å². The van der Waals surface area contributed by atoms with Gasteiger partial charge < -0.3 is 9.84 Å². The second-order valence-corrected chi connectivity index (χ2v) is 4.06. The lowest BCUT2D eigenvalue weighted by Crippen LogP contribution is -2.10. The van der Waals surface area contributed by atoms with Gasteiger partial charge in [-0.3, -0.25) is 0 Å². The molecule has 0 amide bonds. The molecule has 2 rings (SSSR count). The number of aliphatic hydroxyl groups excluding tert-OH is 1. The highest BCUT2D eigenvalue weighted by atomic mass is 16.5. The predicted octanol–water partition coefficient (Wildman–Crippen LogP) is 1.78. The third-order valence-corrected chi connectivity index (χ3v) is 2.79. The SMILES string of the molecule is CCCn1nncc1C(O)c1ccc(OC)cc1. The van der Waals surface area contributed by atoms with Gasteiger partial charge >= 0.3 is 0 Å². The summed E-state index contributed by atoms with van der Waals surface area (Å²) in [5.74, 6) is 0.770. The van der Waals surface area contributed by atoms with Gasteiger partial charge in [-0.2, -0.15) is 0 Å². The molecule has 1 aromatic heterocycles. The van der Waals surface area contributed by atoms with Crippen LogP contribution in [0.5, 0.6) is 5.75 Å². The second-order valence-electron chi connectivity index (χ2n) is 4.06. The predicted molar refractivity (Wildman–Crippen MR) is 67.4 cm³/mol. The molecule has 0 saturated carbocycles. The molecule has 0 saturated heterocycles. The molecule has 1 atom stereocenters. The molecule has 1 unspecified atom stereocenters. The average molecular weight is 247 g/mol. The first-order chi connectivity index (χ1) is 8.76. The van der Waals surface area contributed by atoms with Crippen LogP contribution in [-0.4, -0.2) is 27.2 Å². The monoisotopic (exact) mass is 247 g/mol. The normalized spacial score (nSPS) is 12.4. The number of hydrogen-bond acceptors (Lipinski definition) is 4. The Morgan fingerprint density at radius 1 is 1.33 bits per heavy atom. The Morgan fingerprint density at radius 3 is 2.67 bits per heavy atom. The van der Waals surface area contributed by atoms with Crippen LogP contribution in [0.3, 0.4) is 0 Å². The van der Waals surface area contributed by atoms with Gasteiger partial charge in [-0.25, -0.2) is 4.68 Å². The van der Waals surface area contributed by atoms with E-state index < -0.39 is 6.10 Å². The van der Waals surface area contributed by atoms with Crippen molar-refractivity contribution in [3.05, 3.63) is 41.7 Å². The van der Waals surface area contributed by atoms with Crippen molar-refractivity contribution >= 4 is 0 Å². The summed E-state index contributed by atoms with van der Waals surface area (Å²) in [5.41, 5.74) is 1.51. The Bertz CT molecular complexity index is 493. The maximum absolute atomic E-state index is 10.3. The first-order valence-corrected chi connectivity index (χ1v) is 5.96. The van der Waals surface area contributed by atoms with Crippen molar-refractivity contribution in [2.75, 3.05) is 7.11 Å². The molecular formula is C13H17N3O2. The summed E-state index contributed by atoms with van der Waals surface area (Å²) < 4.78 is 6.82. The standard InChI is InChI=1S/C13H17N3O2/c1-3-8-16-12(9-14-15-16)13(17)10-4-6-11(18-2)7-5-10/h4-7,9,13,17H,3,8H2,1-2H3. The minimum Gasteiger partial charge on any atom is -0.497 e. The summed E-state index contributed by atoms with van der Waals surface area (Å²) in [4.78, 5) is 0. The first-order valence-electron chi connectivity index (χ1n) is 5.96. The fraction of sp³-hybridized carbons (Fsp3) is 0.385. The molecule has 0 aliphatic heterocycles. The molecule has 2 aromatic rings. The summed E-state index contributed by atoms with van der Waals surface area (Å²) in [5, 5.41) is 18.1. The van der Waals surface area contributed by atoms with Gasteiger partial charge in [0.1, 0.15) is 11.9 Å². The quantitative estimate of drug-likeness (QED) is 0.875. The van der Waals surface area contributed by atoms with Gasteiger partial charge in [0.25, 0.3) is 0 Å². The van der Waals surface area contributed by atoms with E-state index in [4.69, 9.17) is 4.74 Å². The van der Waals surface area contributed by atoms with Crippen LogP contribution in [0.25, 0.3) is 0 Å². The molecule has 0 fully saturated rings. The zero-order valence-corrected chi connectivity index (χ0v) is 10.6. The Balaban J connectivity index is 2.23. The van der Waals surface area contributed by atoms with E-state index in [0.29, 0.717) is 5.69 Å². The summed E-state index contributed by atoms with van der Waals surface area (Å²) in [6.07, 6.45) is 1.84. The topological polar surface area (TPSA) is 60.2 Å². The maximum atomic E-state index is 10.3. The van der Waals surface area contributed by atoms with E-state index in [-0.39, 0.29) is 0 Å². The summed E-state index contributed by atoms with van der Waals surface area (Å²) in [6, 6.07) is 7.33. The largest absolute Gasteiger partial charge is 0.497 e. The molecule has 96 valence electrons. The van der Waals surface area contributed by atoms with Crippen molar-refractivity contribution in [3.8, 4) is 5.75 Å². The summed E-state index contributed by atoms with van der Waals surface area (Å²) in [6.45, 7) is 2.81. The average Bonchev–Trinajstić information content (AvgIpc) is 2.87. The van der Waals surface area contributed by atoms with Crippen LogP contribution in [0.15, 0.2) is 30.5 Å². The van der Waals surface area contributed by atoms with Crippen LogP contribution in [0, 0.1) is 0 Å². The van der Waals surface area contributed by atoms with Gasteiger partial charge in [-0.1, -0.05) is 24.3 Å². The van der Waals surface area contributed by atoms with Gasteiger partial charge in [-0.05, 0) is 24.1 Å². The molecule has 1 heterocycles. The molecular weight excluding hydrogens is 230 g/mol. The fourth-order valence-electron chi connectivity index (χ4n) is 1.82.